The molecule has 242 valence electrons. The topological polar surface area (TPSA) is 134 Å². The Labute approximate surface area is 267 Å². The number of benzene rings is 3. The van der Waals surface area contributed by atoms with Crippen LogP contribution in [0.4, 0.5) is 29.3 Å². The summed E-state index contributed by atoms with van der Waals surface area (Å²) < 4.78 is 69.1. The number of nitrogens with one attached hydrogen (secondary N) is 2. The maximum Gasteiger partial charge on any atom is 0.418 e. The third-order valence-corrected chi connectivity index (χ3v) is 8.30. The van der Waals surface area contributed by atoms with Gasteiger partial charge in [-0.25, -0.2) is 13.2 Å². The summed E-state index contributed by atoms with van der Waals surface area (Å²) in [5.41, 5.74) is -0.00675. The number of sulfone groups is 1. The molecule has 15 heteroatoms. The van der Waals surface area contributed by atoms with E-state index in [4.69, 9.17) is 16.3 Å². The number of hydrogen-bond acceptors (Lipinski definition) is 7. The van der Waals surface area contributed by atoms with Crippen LogP contribution >= 0.6 is 11.6 Å². The fourth-order valence-electron chi connectivity index (χ4n) is 4.41. The molecule has 0 bridgehead atoms. The minimum Gasteiger partial charge on any atom is -0.446 e. The van der Waals surface area contributed by atoms with Crippen LogP contribution in [0, 0.1) is 0 Å². The van der Waals surface area contributed by atoms with Crippen LogP contribution in [0.5, 0.6) is 0 Å². The molecule has 1 aliphatic rings. The van der Waals surface area contributed by atoms with Crippen LogP contribution in [0.2, 0.25) is 5.02 Å². The second kappa shape index (κ2) is 14.6. The number of nitrogens with zero attached hydrogens (tertiary/aromatic N) is 2. The number of hydrogen-bond donors (Lipinski definition) is 2. The standard InChI is InChI=1S/C31H28ClF3N4O6S/c1-2-46(43,44)16-8-15-36-27(40)18-39-26-12-7-6-11-22(26)28(20-9-4-3-5-10-20)37-25(29(39)41)19-45-30(42)38-24-14-13-21(32)17-23(24)31(33,34)35/h3-14,16-17,25H,2,15,18-19H2,1H3,(H,36,40)(H,38,42)/b16-8+/t25-/m1/s1. The number of aliphatic imine (C=N–C) groups is 1. The van der Waals surface area contributed by atoms with Gasteiger partial charge in [0.1, 0.15) is 13.2 Å². The summed E-state index contributed by atoms with van der Waals surface area (Å²) in [5, 5.41) is 5.37. The van der Waals surface area contributed by atoms with Gasteiger partial charge in [-0.05, 0) is 24.3 Å². The molecule has 1 heterocycles. The normalized spacial score (nSPS) is 15.2. The third-order valence-electron chi connectivity index (χ3n) is 6.65. The van der Waals surface area contributed by atoms with Gasteiger partial charge in [-0.15, -0.1) is 0 Å². The summed E-state index contributed by atoms with van der Waals surface area (Å²) in [4.78, 5) is 45.2. The van der Waals surface area contributed by atoms with Gasteiger partial charge in [0.15, 0.2) is 15.9 Å². The highest BCUT2D eigenvalue weighted by Crippen LogP contribution is 2.36. The lowest BCUT2D eigenvalue weighted by molar-refractivity contribution is -0.137. The van der Waals surface area contributed by atoms with Gasteiger partial charge in [0.25, 0.3) is 5.91 Å². The second-order valence-electron chi connectivity index (χ2n) is 9.84. The quantitative estimate of drug-likeness (QED) is 0.302. The first kappa shape index (κ1) is 34.2. The molecule has 0 aromatic heterocycles. The predicted molar refractivity (Wildman–Crippen MR) is 168 cm³/mol. The maximum absolute atomic E-state index is 13.9. The highest BCUT2D eigenvalue weighted by Gasteiger charge is 2.36. The van der Waals surface area contributed by atoms with E-state index in [-0.39, 0.29) is 17.3 Å². The highest BCUT2D eigenvalue weighted by atomic mass is 35.5. The van der Waals surface area contributed by atoms with Crippen LogP contribution in [0.25, 0.3) is 0 Å². The van der Waals surface area contributed by atoms with Crippen LogP contribution < -0.4 is 15.5 Å². The number of anilines is 2. The molecule has 4 rings (SSSR count). The number of amides is 3. The summed E-state index contributed by atoms with van der Waals surface area (Å²) in [6, 6.07) is 16.9. The van der Waals surface area contributed by atoms with Crippen molar-refractivity contribution >= 4 is 56.4 Å². The summed E-state index contributed by atoms with van der Waals surface area (Å²) in [6.07, 6.45) is -4.84. The molecule has 0 saturated heterocycles. The molecule has 3 aromatic rings. The molecule has 10 nitrogen and oxygen atoms in total. The van der Waals surface area contributed by atoms with Gasteiger partial charge in [0.2, 0.25) is 5.91 Å². The Morgan fingerprint density at radius 2 is 1.76 bits per heavy atom. The van der Waals surface area contributed by atoms with Crippen molar-refractivity contribution in [1.82, 2.24) is 5.32 Å². The van der Waals surface area contributed by atoms with Gasteiger partial charge in [0.05, 0.1) is 28.4 Å². The number of carbonyl (C=O) groups excluding carboxylic acids is 3. The van der Waals surface area contributed by atoms with E-state index in [0.717, 1.165) is 22.4 Å². The molecule has 46 heavy (non-hydrogen) atoms. The molecule has 1 atom stereocenters. The number of fused-ring (bicyclic) bond motifs is 1. The number of benzodiazepines with no additional fused rings is 1. The zero-order valence-corrected chi connectivity index (χ0v) is 25.8. The molecular weight excluding hydrogens is 649 g/mol. The fraction of sp³-hybridized carbons (Fsp3) is 0.226. The molecule has 0 aliphatic carbocycles. The lowest BCUT2D eigenvalue weighted by Crippen LogP contribution is -2.46. The number of rotatable bonds is 10. The van der Waals surface area contributed by atoms with Gasteiger partial charge in [-0.1, -0.05) is 73.1 Å². The Hall–Kier alpha value is -4.69. The average Bonchev–Trinajstić information content (AvgIpc) is 3.13. The van der Waals surface area contributed by atoms with Crippen LogP contribution in [-0.4, -0.2) is 63.5 Å². The molecule has 3 aromatic carbocycles. The van der Waals surface area contributed by atoms with Gasteiger partial charge in [-0.3, -0.25) is 19.9 Å². The molecule has 2 N–H and O–H groups in total. The second-order valence-corrected chi connectivity index (χ2v) is 12.5. The van der Waals surface area contributed by atoms with Crippen molar-refractivity contribution in [2.45, 2.75) is 19.1 Å². The van der Waals surface area contributed by atoms with Gasteiger partial charge >= 0.3 is 12.3 Å². The summed E-state index contributed by atoms with van der Waals surface area (Å²) in [6.45, 7) is 0.183. The minimum absolute atomic E-state index is 0.106. The lowest BCUT2D eigenvalue weighted by atomic mass is 10.0. The minimum atomic E-state index is -4.83. The Morgan fingerprint density at radius 3 is 2.46 bits per heavy atom. The van der Waals surface area contributed by atoms with E-state index in [9.17, 15) is 36.0 Å². The summed E-state index contributed by atoms with van der Waals surface area (Å²) in [5.74, 6) is -1.46. The van der Waals surface area contributed by atoms with E-state index in [1.165, 1.54) is 13.0 Å². The number of halogens is 4. The number of alkyl halides is 3. The first-order valence-corrected chi connectivity index (χ1v) is 15.9. The van der Waals surface area contributed by atoms with E-state index < -0.39 is 64.4 Å². The Bertz CT molecular complexity index is 1780. The SMILES string of the molecule is CCS(=O)(=O)/C=C/CNC(=O)CN1C(=O)[C@@H](COC(=O)Nc2ccc(Cl)cc2C(F)(F)F)N=C(c2ccccc2)c2ccccc21. The number of ether oxygens (including phenoxy) is 1. The zero-order chi connectivity index (χ0) is 33.5. The van der Waals surface area contributed by atoms with Crippen molar-refractivity contribution in [3.8, 4) is 0 Å². The Balaban J connectivity index is 1.61. The molecule has 0 fully saturated rings. The summed E-state index contributed by atoms with van der Waals surface area (Å²) in [7, 11) is -3.40. The van der Waals surface area contributed by atoms with Gasteiger partial charge in [0, 0.05) is 28.1 Å². The zero-order valence-electron chi connectivity index (χ0n) is 24.3. The van der Waals surface area contributed by atoms with E-state index in [1.54, 1.807) is 54.6 Å². The molecule has 0 radical (unpaired) electrons. The van der Waals surface area contributed by atoms with Crippen LogP contribution in [0.15, 0.2) is 89.3 Å². The fourth-order valence-corrected chi connectivity index (χ4v) is 5.16. The van der Waals surface area contributed by atoms with E-state index >= 15 is 0 Å². The first-order valence-electron chi connectivity index (χ1n) is 13.8. The first-order chi connectivity index (χ1) is 21.8. The maximum atomic E-state index is 13.9. The van der Waals surface area contributed by atoms with Crippen LogP contribution in [0.3, 0.4) is 0 Å². The molecular formula is C31H28ClF3N4O6S. The van der Waals surface area contributed by atoms with Crippen molar-refractivity contribution in [3.63, 3.8) is 0 Å². The van der Waals surface area contributed by atoms with Gasteiger partial charge < -0.3 is 15.0 Å². The Kier molecular flexibility index (Phi) is 10.9. The van der Waals surface area contributed by atoms with E-state index in [2.05, 4.69) is 10.3 Å². The van der Waals surface area contributed by atoms with E-state index in [1.807, 2.05) is 5.32 Å². The molecule has 3 amide bonds. The molecule has 0 spiro atoms. The predicted octanol–water partition coefficient (Wildman–Crippen LogP) is 5.22. The molecule has 0 saturated carbocycles. The third kappa shape index (κ3) is 8.73. The van der Waals surface area contributed by atoms with Crippen molar-refractivity contribution in [2.24, 2.45) is 4.99 Å². The molecule has 0 unspecified atom stereocenters. The van der Waals surface area contributed by atoms with Crippen molar-refractivity contribution in [1.29, 1.82) is 0 Å². The number of carbonyl (C=O) groups is 3. The van der Waals surface area contributed by atoms with Crippen molar-refractivity contribution in [3.05, 3.63) is 106 Å². The lowest BCUT2D eigenvalue weighted by Gasteiger charge is -2.24. The van der Waals surface area contributed by atoms with Crippen LogP contribution in [0.1, 0.15) is 23.6 Å². The average molecular weight is 677 g/mol. The van der Waals surface area contributed by atoms with Crippen LogP contribution in [-0.2, 0) is 30.3 Å². The highest BCUT2D eigenvalue weighted by molar-refractivity contribution is 7.94. The van der Waals surface area contributed by atoms with Crippen molar-refractivity contribution < 1.29 is 40.7 Å². The van der Waals surface area contributed by atoms with Gasteiger partial charge in [-0.2, -0.15) is 13.2 Å². The smallest absolute Gasteiger partial charge is 0.418 e. The largest absolute Gasteiger partial charge is 0.446 e. The summed E-state index contributed by atoms with van der Waals surface area (Å²) >= 11 is 5.71. The Morgan fingerprint density at radius 1 is 1.07 bits per heavy atom. The van der Waals surface area contributed by atoms with E-state index in [0.29, 0.717) is 28.6 Å². The number of para-hydroxylation sites is 1. The molecule has 1 aliphatic heterocycles. The van der Waals surface area contributed by atoms with Crippen molar-refractivity contribution in [2.75, 3.05) is 35.7 Å². The monoisotopic (exact) mass is 676 g/mol.